The van der Waals surface area contributed by atoms with Crippen LogP contribution in [0.2, 0.25) is 0 Å². The summed E-state index contributed by atoms with van der Waals surface area (Å²) >= 11 is 1.31. The van der Waals surface area contributed by atoms with Gasteiger partial charge in [0.15, 0.2) is 0 Å². The lowest BCUT2D eigenvalue weighted by Crippen LogP contribution is -2.01. The SMILES string of the molecule is Cc1cc(-c2ccc(CN)c(F)n2)sn1. The van der Waals surface area contributed by atoms with Crippen LogP contribution >= 0.6 is 11.5 Å². The fourth-order valence-electron chi connectivity index (χ4n) is 1.24. The van der Waals surface area contributed by atoms with Crippen LogP contribution < -0.4 is 5.73 Å². The fourth-order valence-corrected chi connectivity index (χ4v) is 1.96. The molecule has 0 saturated heterocycles. The van der Waals surface area contributed by atoms with E-state index in [2.05, 4.69) is 9.36 Å². The van der Waals surface area contributed by atoms with Gasteiger partial charge in [-0.2, -0.15) is 8.76 Å². The van der Waals surface area contributed by atoms with E-state index in [-0.39, 0.29) is 6.54 Å². The normalized spacial score (nSPS) is 10.6. The first kappa shape index (κ1) is 10.2. The van der Waals surface area contributed by atoms with Crippen molar-refractivity contribution in [3.8, 4) is 10.6 Å². The van der Waals surface area contributed by atoms with Gasteiger partial charge >= 0.3 is 0 Å². The molecular weight excluding hydrogens is 213 g/mol. The van der Waals surface area contributed by atoms with E-state index in [4.69, 9.17) is 5.73 Å². The zero-order chi connectivity index (χ0) is 10.8. The second-order valence-corrected chi connectivity index (χ2v) is 3.99. The third-order valence-corrected chi connectivity index (χ3v) is 2.93. The minimum absolute atomic E-state index is 0.167. The van der Waals surface area contributed by atoms with Crippen LogP contribution in [-0.4, -0.2) is 9.36 Å². The lowest BCUT2D eigenvalue weighted by atomic mass is 10.2. The van der Waals surface area contributed by atoms with Crippen molar-refractivity contribution >= 4 is 11.5 Å². The number of hydrogen-bond donors (Lipinski definition) is 1. The van der Waals surface area contributed by atoms with Crippen LogP contribution in [-0.2, 0) is 6.54 Å². The molecule has 2 N–H and O–H groups in total. The standard InChI is InChI=1S/C10H10FN3S/c1-6-4-9(15-14-6)8-3-2-7(5-12)10(11)13-8/h2-4H,5,12H2,1H3. The van der Waals surface area contributed by atoms with Crippen LogP contribution in [0.5, 0.6) is 0 Å². The monoisotopic (exact) mass is 223 g/mol. The van der Waals surface area contributed by atoms with Crippen molar-refractivity contribution in [2.24, 2.45) is 5.73 Å². The molecule has 0 saturated carbocycles. The van der Waals surface area contributed by atoms with E-state index in [0.29, 0.717) is 11.3 Å². The zero-order valence-corrected chi connectivity index (χ0v) is 9.01. The Balaban J connectivity index is 2.42. The molecule has 78 valence electrons. The van der Waals surface area contributed by atoms with Gasteiger partial charge in [-0.3, -0.25) is 0 Å². The van der Waals surface area contributed by atoms with Crippen molar-refractivity contribution in [1.29, 1.82) is 0 Å². The van der Waals surface area contributed by atoms with E-state index in [9.17, 15) is 4.39 Å². The molecule has 2 rings (SSSR count). The van der Waals surface area contributed by atoms with Crippen molar-refractivity contribution in [2.75, 3.05) is 0 Å². The number of nitrogens with two attached hydrogens (primary N) is 1. The predicted molar refractivity (Wildman–Crippen MR) is 57.9 cm³/mol. The van der Waals surface area contributed by atoms with Gasteiger partial charge in [0.2, 0.25) is 5.95 Å². The zero-order valence-electron chi connectivity index (χ0n) is 8.20. The Kier molecular flexibility index (Phi) is 2.75. The molecule has 0 radical (unpaired) electrons. The summed E-state index contributed by atoms with van der Waals surface area (Å²) in [7, 11) is 0. The second-order valence-electron chi connectivity index (χ2n) is 3.18. The number of rotatable bonds is 2. The van der Waals surface area contributed by atoms with Gasteiger partial charge in [-0.25, -0.2) is 4.98 Å². The highest BCUT2D eigenvalue weighted by molar-refractivity contribution is 7.09. The Morgan fingerprint density at radius 2 is 2.27 bits per heavy atom. The molecule has 0 aliphatic rings. The van der Waals surface area contributed by atoms with Crippen molar-refractivity contribution in [3.05, 3.63) is 35.4 Å². The summed E-state index contributed by atoms with van der Waals surface area (Å²) in [4.78, 5) is 4.72. The van der Waals surface area contributed by atoms with Gasteiger partial charge < -0.3 is 5.73 Å². The maximum absolute atomic E-state index is 13.3. The van der Waals surface area contributed by atoms with Gasteiger partial charge in [0.1, 0.15) is 0 Å². The first-order valence-electron chi connectivity index (χ1n) is 4.50. The number of halogens is 1. The number of aryl methyl sites for hydroxylation is 1. The van der Waals surface area contributed by atoms with Gasteiger partial charge in [-0.15, -0.1) is 0 Å². The van der Waals surface area contributed by atoms with Gasteiger partial charge in [0.05, 0.1) is 16.3 Å². The Hall–Kier alpha value is -1.33. The highest BCUT2D eigenvalue weighted by Crippen LogP contribution is 2.23. The fraction of sp³-hybridized carbons (Fsp3) is 0.200. The van der Waals surface area contributed by atoms with Crippen molar-refractivity contribution in [2.45, 2.75) is 13.5 Å². The number of hydrogen-bond acceptors (Lipinski definition) is 4. The van der Waals surface area contributed by atoms with E-state index >= 15 is 0 Å². The highest BCUT2D eigenvalue weighted by atomic mass is 32.1. The summed E-state index contributed by atoms with van der Waals surface area (Å²) in [6.45, 7) is 2.06. The summed E-state index contributed by atoms with van der Waals surface area (Å²) < 4.78 is 17.5. The maximum Gasteiger partial charge on any atom is 0.217 e. The quantitative estimate of drug-likeness (QED) is 0.793. The number of nitrogens with zero attached hydrogens (tertiary/aromatic N) is 2. The molecule has 0 bridgehead atoms. The molecule has 0 aliphatic carbocycles. The molecule has 2 heterocycles. The smallest absolute Gasteiger partial charge is 0.217 e. The average molecular weight is 223 g/mol. The topological polar surface area (TPSA) is 51.8 Å². The van der Waals surface area contributed by atoms with Crippen LogP contribution in [0.1, 0.15) is 11.3 Å². The molecule has 0 spiro atoms. The molecule has 2 aromatic heterocycles. The van der Waals surface area contributed by atoms with Crippen molar-refractivity contribution in [1.82, 2.24) is 9.36 Å². The van der Waals surface area contributed by atoms with Crippen molar-refractivity contribution in [3.63, 3.8) is 0 Å². The van der Waals surface area contributed by atoms with E-state index in [1.165, 1.54) is 11.5 Å². The van der Waals surface area contributed by atoms with E-state index in [1.54, 1.807) is 12.1 Å². The largest absolute Gasteiger partial charge is 0.326 e. The first-order valence-corrected chi connectivity index (χ1v) is 5.27. The molecule has 0 atom stereocenters. The maximum atomic E-state index is 13.3. The number of pyridine rings is 1. The van der Waals surface area contributed by atoms with Crippen LogP contribution in [0, 0.1) is 12.9 Å². The van der Waals surface area contributed by atoms with Gasteiger partial charge in [-0.1, -0.05) is 6.07 Å². The van der Waals surface area contributed by atoms with E-state index in [1.807, 2.05) is 13.0 Å². The van der Waals surface area contributed by atoms with Gasteiger partial charge in [0, 0.05) is 12.1 Å². The molecule has 15 heavy (non-hydrogen) atoms. The van der Waals surface area contributed by atoms with Crippen LogP contribution in [0.3, 0.4) is 0 Å². The summed E-state index contributed by atoms with van der Waals surface area (Å²) in [5.74, 6) is -0.499. The van der Waals surface area contributed by atoms with Gasteiger partial charge in [-0.05, 0) is 30.6 Å². The molecule has 0 amide bonds. The molecule has 2 aromatic rings. The highest BCUT2D eigenvalue weighted by Gasteiger charge is 2.07. The molecule has 0 aromatic carbocycles. The van der Waals surface area contributed by atoms with Crippen LogP contribution in [0.4, 0.5) is 4.39 Å². The average Bonchev–Trinajstić information content (AvgIpc) is 2.65. The third-order valence-electron chi connectivity index (χ3n) is 2.03. The summed E-state index contributed by atoms with van der Waals surface area (Å²) in [6.07, 6.45) is 0. The minimum Gasteiger partial charge on any atom is -0.326 e. The molecule has 3 nitrogen and oxygen atoms in total. The summed E-state index contributed by atoms with van der Waals surface area (Å²) in [5.41, 5.74) is 7.31. The van der Waals surface area contributed by atoms with Crippen molar-refractivity contribution < 1.29 is 4.39 Å². The van der Waals surface area contributed by atoms with Crippen LogP contribution in [0.25, 0.3) is 10.6 Å². The number of aromatic nitrogens is 2. The van der Waals surface area contributed by atoms with E-state index < -0.39 is 5.95 Å². The minimum atomic E-state index is -0.499. The summed E-state index contributed by atoms with van der Waals surface area (Å²) in [5, 5.41) is 0. The molecular formula is C10H10FN3S. The Morgan fingerprint density at radius 1 is 1.47 bits per heavy atom. The molecule has 0 fully saturated rings. The lowest BCUT2D eigenvalue weighted by molar-refractivity contribution is 0.569. The lowest BCUT2D eigenvalue weighted by Gasteiger charge is -2.00. The Morgan fingerprint density at radius 3 is 2.80 bits per heavy atom. The molecule has 5 heteroatoms. The van der Waals surface area contributed by atoms with Gasteiger partial charge in [0.25, 0.3) is 0 Å². The first-order chi connectivity index (χ1) is 7.20. The summed E-state index contributed by atoms with van der Waals surface area (Å²) in [6, 6.07) is 5.31. The van der Waals surface area contributed by atoms with E-state index in [0.717, 1.165) is 10.6 Å². The predicted octanol–water partition coefficient (Wildman–Crippen LogP) is 2.11. The second kappa shape index (κ2) is 4.04. The molecule has 0 aliphatic heterocycles. The Labute approximate surface area is 90.9 Å². The molecule has 0 unspecified atom stereocenters. The Bertz CT molecular complexity index is 481. The van der Waals surface area contributed by atoms with Crippen LogP contribution in [0.15, 0.2) is 18.2 Å². The third kappa shape index (κ3) is 2.03.